The summed E-state index contributed by atoms with van der Waals surface area (Å²) in [5.74, 6) is -0.331. The van der Waals surface area contributed by atoms with E-state index in [2.05, 4.69) is 9.84 Å². The van der Waals surface area contributed by atoms with E-state index in [0.29, 0.717) is 5.56 Å². The number of benzene rings is 1. The quantitative estimate of drug-likeness (QED) is 0.667. The fourth-order valence-electron chi connectivity index (χ4n) is 0.966. The Morgan fingerprint density at radius 1 is 1.39 bits per heavy atom. The van der Waals surface area contributed by atoms with Crippen LogP contribution in [0, 0.1) is 0 Å². The first-order valence-electron chi connectivity index (χ1n) is 4.71. The van der Waals surface area contributed by atoms with Gasteiger partial charge in [-0.3, -0.25) is 0 Å². The Labute approximate surface area is 101 Å². The van der Waals surface area contributed by atoms with Crippen molar-refractivity contribution >= 4 is 12.2 Å². The minimum absolute atomic E-state index is 0.331. The van der Waals surface area contributed by atoms with Crippen molar-refractivity contribution in [2.75, 3.05) is 7.05 Å². The lowest BCUT2D eigenvalue weighted by Crippen LogP contribution is -2.27. The smallest absolute Gasteiger partial charge is 0.406 e. The van der Waals surface area contributed by atoms with Crippen molar-refractivity contribution in [3.05, 3.63) is 29.8 Å². The molecule has 8 heteroatoms. The Kier molecular flexibility index (Phi) is 4.13. The summed E-state index contributed by atoms with van der Waals surface area (Å²) in [5.41, 5.74) is 5.42. The Balaban J connectivity index is 2.69. The van der Waals surface area contributed by atoms with Gasteiger partial charge in [-0.15, -0.1) is 13.2 Å². The van der Waals surface area contributed by atoms with Crippen LogP contribution in [0.4, 0.5) is 18.0 Å². The van der Waals surface area contributed by atoms with E-state index in [0.717, 1.165) is 17.1 Å². The van der Waals surface area contributed by atoms with Crippen LogP contribution in [0.5, 0.6) is 5.75 Å². The first-order chi connectivity index (χ1) is 8.28. The fraction of sp³-hybridized carbons (Fsp3) is 0.200. The number of hydrogen-bond acceptors (Lipinski definition) is 3. The normalized spacial score (nSPS) is 11.6. The molecule has 1 rings (SSSR count). The molecule has 0 saturated carbocycles. The van der Waals surface area contributed by atoms with Crippen molar-refractivity contribution < 1.29 is 22.7 Å². The van der Waals surface area contributed by atoms with E-state index in [1.807, 2.05) is 0 Å². The van der Waals surface area contributed by atoms with Crippen molar-refractivity contribution in [3.8, 4) is 5.75 Å². The van der Waals surface area contributed by atoms with Gasteiger partial charge in [0.05, 0.1) is 6.21 Å². The summed E-state index contributed by atoms with van der Waals surface area (Å²) in [7, 11) is 1.35. The molecule has 1 aromatic carbocycles. The highest BCUT2D eigenvalue weighted by molar-refractivity contribution is 5.81. The largest absolute Gasteiger partial charge is 0.573 e. The molecule has 98 valence electrons. The zero-order chi connectivity index (χ0) is 13.8. The van der Waals surface area contributed by atoms with E-state index < -0.39 is 12.4 Å². The number of carbonyl (C=O) groups excluding carboxylic acids is 1. The van der Waals surface area contributed by atoms with Crippen LogP contribution in [0.3, 0.4) is 0 Å². The van der Waals surface area contributed by atoms with Crippen LogP contribution in [-0.2, 0) is 0 Å². The molecular formula is C10H10F3N3O2. The van der Waals surface area contributed by atoms with E-state index in [1.54, 1.807) is 0 Å². The molecule has 0 aliphatic carbocycles. The van der Waals surface area contributed by atoms with Crippen LogP contribution in [0.1, 0.15) is 5.56 Å². The lowest BCUT2D eigenvalue weighted by Gasteiger charge is -2.08. The van der Waals surface area contributed by atoms with Gasteiger partial charge in [0.2, 0.25) is 0 Å². The molecule has 0 atom stereocenters. The summed E-state index contributed by atoms with van der Waals surface area (Å²) in [6.45, 7) is 0. The Bertz CT molecular complexity index is 443. The van der Waals surface area contributed by atoms with E-state index in [1.165, 1.54) is 25.4 Å². The third kappa shape index (κ3) is 4.73. The number of alkyl halides is 3. The minimum atomic E-state index is -4.72. The van der Waals surface area contributed by atoms with Gasteiger partial charge in [-0.2, -0.15) is 5.10 Å². The molecule has 5 nitrogen and oxygen atoms in total. The molecule has 0 unspecified atom stereocenters. The Morgan fingerprint density at radius 2 is 1.94 bits per heavy atom. The van der Waals surface area contributed by atoms with Crippen molar-refractivity contribution in [2.24, 2.45) is 10.8 Å². The standard InChI is InChI=1S/C10H10F3N3O2/c1-16(9(14)17)15-6-7-2-4-8(5-3-7)18-10(11,12)13/h2-6H,1H3,(H2,14,17)/b15-6-. The number of urea groups is 1. The van der Waals surface area contributed by atoms with Crippen LogP contribution in [0.15, 0.2) is 29.4 Å². The third-order valence-corrected chi connectivity index (χ3v) is 1.81. The lowest BCUT2D eigenvalue weighted by atomic mass is 10.2. The molecule has 1 aromatic rings. The lowest BCUT2D eigenvalue weighted by molar-refractivity contribution is -0.274. The number of primary amides is 1. The monoisotopic (exact) mass is 261 g/mol. The molecule has 18 heavy (non-hydrogen) atoms. The van der Waals surface area contributed by atoms with Crippen molar-refractivity contribution in [1.29, 1.82) is 0 Å². The van der Waals surface area contributed by atoms with Gasteiger partial charge >= 0.3 is 12.4 Å². The predicted molar refractivity (Wildman–Crippen MR) is 58.1 cm³/mol. The summed E-state index contributed by atoms with van der Waals surface area (Å²) >= 11 is 0. The summed E-state index contributed by atoms with van der Waals surface area (Å²) < 4.78 is 39.3. The highest BCUT2D eigenvalue weighted by Gasteiger charge is 2.30. The maximum atomic E-state index is 11.9. The molecule has 0 aliphatic heterocycles. The number of nitrogens with zero attached hydrogens (tertiary/aromatic N) is 2. The molecule has 0 aromatic heterocycles. The number of nitrogens with two attached hydrogens (primary N) is 1. The summed E-state index contributed by atoms with van der Waals surface area (Å²) in [4.78, 5) is 10.6. The highest BCUT2D eigenvalue weighted by atomic mass is 19.4. The molecule has 0 saturated heterocycles. The van der Waals surface area contributed by atoms with Gasteiger partial charge in [0.15, 0.2) is 0 Å². The zero-order valence-corrected chi connectivity index (χ0v) is 9.31. The van der Waals surface area contributed by atoms with Gasteiger partial charge in [0.25, 0.3) is 0 Å². The zero-order valence-electron chi connectivity index (χ0n) is 9.31. The SMILES string of the molecule is CN(/N=C\c1ccc(OC(F)(F)F)cc1)C(N)=O. The second kappa shape index (κ2) is 5.39. The van der Waals surface area contributed by atoms with E-state index in [9.17, 15) is 18.0 Å². The average molecular weight is 261 g/mol. The molecule has 0 heterocycles. The number of halogens is 3. The van der Waals surface area contributed by atoms with Crippen LogP contribution in [-0.4, -0.2) is 30.7 Å². The van der Waals surface area contributed by atoms with Gasteiger partial charge in [-0.1, -0.05) is 0 Å². The van der Waals surface area contributed by atoms with Crippen LogP contribution in [0.2, 0.25) is 0 Å². The Morgan fingerprint density at radius 3 is 2.39 bits per heavy atom. The third-order valence-electron chi connectivity index (χ3n) is 1.81. The maximum absolute atomic E-state index is 11.9. The van der Waals surface area contributed by atoms with Crippen molar-refractivity contribution in [3.63, 3.8) is 0 Å². The topological polar surface area (TPSA) is 67.9 Å². The second-order valence-electron chi connectivity index (χ2n) is 3.22. The van der Waals surface area contributed by atoms with E-state index in [-0.39, 0.29) is 5.75 Å². The van der Waals surface area contributed by atoms with E-state index in [4.69, 9.17) is 5.73 Å². The molecule has 0 radical (unpaired) electrons. The number of hydrazone groups is 1. The van der Waals surface area contributed by atoms with Crippen LogP contribution in [0.25, 0.3) is 0 Å². The number of ether oxygens (including phenoxy) is 1. The summed E-state index contributed by atoms with van der Waals surface area (Å²) in [5, 5.41) is 4.56. The van der Waals surface area contributed by atoms with E-state index >= 15 is 0 Å². The van der Waals surface area contributed by atoms with Gasteiger partial charge in [-0.25, -0.2) is 9.80 Å². The second-order valence-corrected chi connectivity index (χ2v) is 3.22. The maximum Gasteiger partial charge on any atom is 0.573 e. The fourth-order valence-corrected chi connectivity index (χ4v) is 0.966. The molecule has 2 amide bonds. The summed E-state index contributed by atoms with van der Waals surface area (Å²) in [6, 6.07) is 4.25. The molecule has 0 spiro atoms. The van der Waals surface area contributed by atoms with Crippen molar-refractivity contribution in [2.45, 2.75) is 6.36 Å². The van der Waals surface area contributed by atoms with Gasteiger partial charge < -0.3 is 10.5 Å². The highest BCUT2D eigenvalue weighted by Crippen LogP contribution is 2.22. The first-order valence-corrected chi connectivity index (χ1v) is 4.71. The molecule has 0 aliphatic rings. The Hall–Kier alpha value is -2.25. The molecular weight excluding hydrogens is 251 g/mol. The van der Waals surface area contributed by atoms with Crippen LogP contribution >= 0.6 is 0 Å². The molecule has 0 fully saturated rings. The predicted octanol–water partition coefficient (Wildman–Crippen LogP) is 1.93. The van der Waals surface area contributed by atoms with Crippen molar-refractivity contribution in [1.82, 2.24) is 5.01 Å². The molecule has 0 bridgehead atoms. The number of rotatable bonds is 3. The first kappa shape index (κ1) is 13.8. The summed E-state index contributed by atoms with van der Waals surface area (Å²) in [6.07, 6.45) is -3.44. The molecule has 2 N–H and O–H groups in total. The average Bonchev–Trinajstić information content (AvgIpc) is 2.25. The van der Waals surface area contributed by atoms with Gasteiger partial charge in [0.1, 0.15) is 5.75 Å². The van der Waals surface area contributed by atoms with Gasteiger partial charge in [0, 0.05) is 7.05 Å². The number of carbonyl (C=O) groups is 1. The number of hydrogen-bond donors (Lipinski definition) is 1. The van der Waals surface area contributed by atoms with Crippen LogP contribution < -0.4 is 10.5 Å². The number of amides is 2. The van der Waals surface area contributed by atoms with Gasteiger partial charge in [-0.05, 0) is 29.8 Å². The minimum Gasteiger partial charge on any atom is -0.406 e.